The average molecular weight is 240 g/mol. The standard InChI is InChI=1S/C10H16N4OS/c1-2-7-6-14(3-4-16-7)10(15)9-8(11)5-12-13-9/h5,7H,2-4,6,11H2,1H3,(H,12,13). The van der Waals surface area contributed by atoms with Gasteiger partial charge in [-0.1, -0.05) is 6.92 Å². The molecule has 0 spiro atoms. The summed E-state index contributed by atoms with van der Waals surface area (Å²) in [5, 5.41) is 6.98. The van der Waals surface area contributed by atoms with Gasteiger partial charge < -0.3 is 10.6 Å². The molecule has 1 aliphatic heterocycles. The fourth-order valence-electron chi connectivity index (χ4n) is 1.78. The number of hydrogen-bond acceptors (Lipinski definition) is 4. The van der Waals surface area contributed by atoms with E-state index in [2.05, 4.69) is 17.1 Å². The van der Waals surface area contributed by atoms with Crippen molar-refractivity contribution in [3.63, 3.8) is 0 Å². The molecule has 1 atom stereocenters. The molecule has 16 heavy (non-hydrogen) atoms. The van der Waals surface area contributed by atoms with Crippen molar-refractivity contribution in [2.75, 3.05) is 24.6 Å². The molecule has 5 nitrogen and oxygen atoms in total. The lowest BCUT2D eigenvalue weighted by molar-refractivity contribution is 0.0756. The van der Waals surface area contributed by atoms with Gasteiger partial charge in [-0.2, -0.15) is 16.9 Å². The van der Waals surface area contributed by atoms with E-state index in [9.17, 15) is 4.79 Å². The number of hydrogen-bond donors (Lipinski definition) is 2. The van der Waals surface area contributed by atoms with E-state index in [0.717, 1.165) is 25.3 Å². The van der Waals surface area contributed by atoms with E-state index in [1.165, 1.54) is 6.20 Å². The van der Waals surface area contributed by atoms with Gasteiger partial charge in [-0.3, -0.25) is 9.89 Å². The number of aromatic amines is 1. The Balaban J connectivity index is 2.07. The third kappa shape index (κ3) is 2.16. The predicted molar refractivity (Wildman–Crippen MR) is 65.4 cm³/mol. The zero-order chi connectivity index (χ0) is 11.5. The van der Waals surface area contributed by atoms with Crippen molar-refractivity contribution in [2.45, 2.75) is 18.6 Å². The van der Waals surface area contributed by atoms with E-state index in [0.29, 0.717) is 16.6 Å². The van der Waals surface area contributed by atoms with Crippen LogP contribution in [-0.4, -0.2) is 45.1 Å². The lowest BCUT2D eigenvalue weighted by Gasteiger charge is -2.31. The van der Waals surface area contributed by atoms with Crippen LogP contribution in [0.3, 0.4) is 0 Å². The van der Waals surface area contributed by atoms with Crippen LogP contribution >= 0.6 is 11.8 Å². The first-order chi connectivity index (χ1) is 7.72. The van der Waals surface area contributed by atoms with E-state index >= 15 is 0 Å². The Hall–Kier alpha value is -1.17. The van der Waals surface area contributed by atoms with Crippen LogP contribution in [0.4, 0.5) is 5.69 Å². The summed E-state index contributed by atoms with van der Waals surface area (Å²) < 4.78 is 0. The first kappa shape index (κ1) is 11.3. The number of thioether (sulfide) groups is 1. The summed E-state index contributed by atoms with van der Waals surface area (Å²) in [5.74, 6) is 0.965. The average Bonchev–Trinajstić information content (AvgIpc) is 2.74. The topological polar surface area (TPSA) is 75.0 Å². The molecule has 1 aliphatic rings. The zero-order valence-corrected chi connectivity index (χ0v) is 10.1. The van der Waals surface area contributed by atoms with Crippen LogP contribution in [0.25, 0.3) is 0 Å². The summed E-state index contributed by atoms with van der Waals surface area (Å²) in [5.41, 5.74) is 6.51. The molecule has 3 N–H and O–H groups in total. The number of aromatic nitrogens is 2. The van der Waals surface area contributed by atoms with Gasteiger partial charge >= 0.3 is 0 Å². The molecule has 2 heterocycles. The summed E-state index contributed by atoms with van der Waals surface area (Å²) in [4.78, 5) is 14.0. The molecule has 0 bridgehead atoms. The molecule has 1 aromatic heterocycles. The molecule has 0 aliphatic carbocycles. The van der Waals surface area contributed by atoms with E-state index < -0.39 is 0 Å². The largest absolute Gasteiger partial charge is 0.396 e. The Kier molecular flexibility index (Phi) is 3.38. The highest BCUT2D eigenvalue weighted by Crippen LogP contribution is 2.22. The number of anilines is 1. The Morgan fingerprint density at radius 2 is 2.62 bits per heavy atom. The van der Waals surface area contributed by atoms with Gasteiger partial charge in [0.25, 0.3) is 5.91 Å². The zero-order valence-electron chi connectivity index (χ0n) is 9.27. The van der Waals surface area contributed by atoms with E-state index in [4.69, 9.17) is 5.73 Å². The number of rotatable bonds is 2. The molecule has 1 unspecified atom stereocenters. The van der Waals surface area contributed by atoms with E-state index in [1.807, 2.05) is 16.7 Å². The van der Waals surface area contributed by atoms with Crippen molar-refractivity contribution in [3.05, 3.63) is 11.9 Å². The second kappa shape index (κ2) is 4.78. The summed E-state index contributed by atoms with van der Waals surface area (Å²) in [6.45, 7) is 3.74. The SMILES string of the molecule is CCC1CN(C(=O)c2[nH]ncc2N)CCS1. The maximum absolute atomic E-state index is 12.1. The normalized spacial score (nSPS) is 21.1. The van der Waals surface area contributed by atoms with Gasteiger partial charge in [0.1, 0.15) is 5.69 Å². The minimum Gasteiger partial charge on any atom is -0.396 e. The van der Waals surface area contributed by atoms with E-state index in [1.54, 1.807) is 0 Å². The fraction of sp³-hybridized carbons (Fsp3) is 0.600. The number of nitrogens with two attached hydrogens (primary N) is 1. The van der Waals surface area contributed by atoms with Crippen LogP contribution < -0.4 is 5.73 Å². The Bertz CT molecular complexity index is 379. The number of nitrogens with zero attached hydrogens (tertiary/aromatic N) is 2. The second-order valence-electron chi connectivity index (χ2n) is 3.85. The number of amides is 1. The molecule has 1 fully saturated rings. The van der Waals surface area contributed by atoms with Crippen molar-refractivity contribution < 1.29 is 4.79 Å². The van der Waals surface area contributed by atoms with Crippen LogP contribution in [-0.2, 0) is 0 Å². The fourth-order valence-corrected chi connectivity index (χ4v) is 2.96. The number of carbonyl (C=O) groups is 1. The van der Waals surface area contributed by atoms with Crippen molar-refractivity contribution in [3.8, 4) is 0 Å². The highest BCUT2D eigenvalue weighted by Gasteiger charge is 2.25. The van der Waals surface area contributed by atoms with Gasteiger partial charge in [0.15, 0.2) is 0 Å². The second-order valence-corrected chi connectivity index (χ2v) is 5.26. The highest BCUT2D eigenvalue weighted by molar-refractivity contribution is 8.00. The third-order valence-electron chi connectivity index (χ3n) is 2.76. The Morgan fingerprint density at radius 3 is 3.25 bits per heavy atom. The first-order valence-electron chi connectivity index (χ1n) is 5.42. The minimum atomic E-state index is -0.0336. The van der Waals surface area contributed by atoms with Gasteiger partial charge in [-0.05, 0) is 6.42 Å². The molecule has 1 amide bonds. The van der Waals surface area contributed by atoms with Crippen LogP contribution in [0.1, 0.15) is 23.8 Å². The smallest absolute Gasteiger partial charge is 0.274 e. The van der Waals surface area contributed by atoms with Crippen molar-refractivity contribution in [2.24, 2.45) is 0 Å². The molecule has 0 saturated carbocycles. The summed E-state index contributed by atoms with van der Waals surface area (Å²) in [6, 6.07) is 0. The lowest BCUT2D eigenvalue weighted by atomic mass is 10.2. The molecule has 0 radical (unpaired) electrons. The monoisotopic (exact) mass is 240 g/mol. The molecule has 6 heteroatoms. The lowest BCUT2D eigenvalue weighted by Crippen LogP contribution is -2.42. The van der Waals surface area contributed by atoms with E-state index in [-0.39, 0.29) is 5.91 Å². The summed E-state index contributed by atoms with van der Waals surface area (Å²) in [7, 11) is 0. The summed E-state index contributed by atoms with van der Waals surface area (Å²) in [6.07, 6.45) is 2.57. The molecular weight excluding hydrogens is 224 g/mol. The quantitative estimate of drug-likeness (QED) is 0.807. The van der Waals surface area contributed by atoms with Crippen LogP contribution in [0.2, 0.25) is 0 Å². The van der Waals surface area contributed by atoms with Gasteiger partial charge in [0.2, 0.25) is 0 Å². The highest BCUT2D eigenvalue weighted by atomic mass is 32.2. The molecule has 1 aromatic rings. The number of nitrogen functional groups attached to an aromatic ring is 1. The van der Waals surface area contributed by atoms with Crippen LogP contribution in [0.15, 0.2) is 6.20 Å². The molecule has 1 saturated heterocycles. The maximum Gasteiger partial charge on any atom is 0.274 e. The van der Waals surface area contributed by atoms with Crippen LogP contribution in [0.5, 0.6) is 0 Å². The van der Waals surface area contributed by atoms with Gasteiger partial charge in [0.05, 0.1) is 11.9 Å². The first-order valence-corrected chi connectivity index (χ1v) is 6.47. The molecular formula is C10H16N4OS. The molecule has 2 rings (SSSR count). The number of nitrogens with one attached hydrogen (secondary N) is 1. The van der Waals surface area contributed by atoms with Gasteiger partial charge in [-0.25, -0.2) is 0 Å². The van der Waals surface area contributed by atoms with Gasteiger partial charge in [-0.15, -0.1) is 0 Å². The van der Waals surface area contributed by atoms with Crippen molar-refractivity contribution in [1.29, 1.82) is 0 Å². The minimum absolute atomic E-state index is 0.0336. The van der Waals surface area contributed by atoms with Crippen LogP contribution in [0, 0.1) is 0 Å². The predicted octanol–water partition coefficient (Wildman–Crippen LogP) is 0.960. The maximum atomic E-state index is 12.1. The number of H-pyrrole nitrogens is 1. The molecule has 88 valence electrons. The molecule has 0 aromatic carbocycles. The van der Waals surface area contributed by atoms with Crippen molar-refractivity contribution >= 4 is 23.4 Å². The van der Waals surface area contributed by atoms with Crippen molar-refractivity contribution in [1.82, 2.24) is 15.1 Å². The number of carbonyl (C=O) groups excluding carboxylic acids is 1. The third-order valence-corrected chi connectivity index (χ3v) is 4.14. The Morgan fingerprint density at radius 1 is 1.81 bits per heavy atom. The Labute approximate surface area is 98.8 Å². The van der Waals surface area contributed by atoms with Gasteiger partial charge in [0, 0.05) is 24.1 Å². The summed E-state index contributed by atoms with van der Waals surface area (Å²) >= 11 is 1.93.